The van der Waals surface area contributed by atoms with Crippen molar-refractivity contribution in [3.8, 4) is 0 Å². The van der Waals surface area contributed by atoms with Crippen LogP contribution in [0.15, 0.2) is 18.2 Å². The maximum absolute atomic E-state index is 11.0. The van der Waals surface area contributed by atoms with Gasteiger partial charge in [-0.1, -0.05) is 29.3 Å². The molecule has 2 N–H and O–H groups in total. The lowest BCUT2D eigenvalue weighted by atomic mass is 10.0. The highest BCUT2D eigenvalue weighted by Crippen LogP contribution is 2.25. The van der Waals surface area contributed by atoms with Crippen LogP contribution in [0.25, 0.3) is 0 Å². The van der Waals surface area contributed by atoms with Crippen molar-refractivity contribution in [1.82, 2.24) is 0 Å². The monoisotopic (exact) mass is 261 g/mol. The first-order valence-corrected chi connectivity index (χ1v) is 5.55. The second kappa shape index (κ2) is 6.09. The summed E-state index contributed by atoms with van der Waals surface area (Å²) in [5.74, 6) is -0.337. The second-order valence-corrected chi connectivity index (χ2v) is 4.26. The Hall–Kier alpha value is -0.770. The molecule has 0 aliphatic carbocycles. The van der Waals surface area contributed by atoms with Gasteiger partial charge >= 0.3 is 5.97 Å². The van der Waals surface area contributed by atoms with E-state index in [4.69, 9.17) is 28.9 Å². The van der Waals surface area contributed by atoms with E-state index in [1.807, 2.05) is 0 Å². The molecule has 0 aliphatic rings. The van der Waals surface area contributed by atoms with Crippen LogP contribution in [0.4, 0.5) is 0 Å². The fraction of sp³-hybridized carbons (Fsp3) is 0.364. The molecule has 0 saturated carbocycles. The van der Waals surface area contributed by atoms with E-state index in [-0.39, 0.29) is 18.4 Å². The summed E-state index contributed by atoms with van der Waals surface area (Å²) in [6.07, 6.45) is 0.603. The summed E-state index contributed by atoms with van der Waals surface area (Å²) in [7, 11) is 1.33. The Morgan fingerprint density at radius 2 is 2.00 bits per heavy atom. The molecule has 16 heavy (non-hydrogen) atoms. The molecule has 88 valence electrons. The number of carbonyl (C=O) groups is 1. The van der Waals surface area contributed by atoms with Gasteiger partial charge in [0.05, 0.1) is 13.5 Å². The number of hydrogen-bond donors (Lipinski definition) is 1. The highest BCUT2D eigenvalue weighted by atomic mass is 35.5. The van der Waals surface area contributed by atoms with Gasteiger partial charge in [0.1, 0.15) is 0 Å². The zero-order valence-corrected chi connectivity index (χ0v) is 10.4. The van der Waals surface area contributed by atoms with E-state index in [0.717, 1.165) is 5.56 Å². The quantitative estimate of drug-likeness (QED) is 0.848. The Labute approximate surface area is 104 Å². The zero-order valence-electron chi connectivity index (χ0n) is 8.87. The third kappa shape index (κ3) is 3.67. The fourth-order valence-corrected chi connectivity index (χ4v) is 1.91. The number of methoxy groups -OCH3 is 1. The Kier molecular flexibility index (Phi) is 5.06. The normalized spacial score (nSPS) is 12.2. The molecule has 0 saturated heterocycles. The summed E-state index contributed by atoms with van der Waals surface area (Å²) >= 11 is 12.0. The van der Waals surface area contributed by atoms with Crippen LogP contribution in [-0.2, 0) is 16.0 Å². The molecule has 0 aromatic heterocycles. The topological polar surface area (TPSA) is 52.3 Å². The van der Waals surface area contributed by atoms with E-state index in [9.17, 15) is 4.79 Å². The van der Waals surface area contributed by atoms with Gasteiger partial charge in [-0.3, -0.25) is 4.79 Å². The highest BCUT2D eigenvalue weighted by Gasteiger charge is 2.14. The van der Waals surface area contributed by atoms with Gasteiger partial charge in [-0.15, -0.1) is 0 Å². The predicted molar refractivity (Wildman–Crippen MR) is 64.8 cm³/mol. The zero-order chi connectivity index (χ0) is 12.1. The molecule has 0 aliphatic heterocycles. The van der Waals surface area contributed by atoms with Crippen molar-refractivity contribution >= 4 is 29.2 Å². The van der Waals surface area contributed by atoms with Crippen LogP contribution < -0.4 is 5.73 Å². The minimum absolute atomic E-state index is 0.151. The van der Waals surface area contributed by atoms with Crippen molar-refractivity contribution in [2.45, 2.75) is 18.9 Å². The van der Waals surface area contributed by atoms with Gasteiger partial charge in [0.25, 0.3) is 0 Å². The van der Waals surface area contributed by atoms with Crippen molar-refractivity contribution in [2.75, 3.05) is 7.11 Å². The largest absolute Gasteiger partial charge is 0.469 e. The van der Waals surface area contributed by atoms with E-state index in [2.05, 4.69) is 4.74 Å². The molecular weight excluding hydrogens is 249 g/mol. The smallest absolute Gasteiger partial charge is 0.307 e. The summed E-state index contributed by atoms with van der Waals surface area (Å²) < 4.78 is 4.53. The molecular formula is C11H13Cl2NO2. The van der Waals surface area contributed by atoms with E-state index in [1.165, 1.54) is 7.11 Å². The van der Waals surface area contributed by atoms with E-state index in [0.29, 0.717) is 16.5 Å². The molecule has 1 aromatic rings. The average molecular weight is 262 g/mol. The van der Waals surface area contributed by atoms with Crippen molar-refractivity contribution in [2.24, 2.45) is 5.73 Å². The van der Waals surface area contributed by atoms with E-state index < -0.39 is 0 Å². The molecule has 1 rings (SSSR count). The number of nitrogens with two attached hydrogens (primary N) is 1. The van der Waals surface area contributed by atoms with Crippen LogP contribution in [0, 0.1) is 0 Å². The van der Waals surface area contributed by atoms with Crippen LogP contribution in [-0.4, -0.2) is 19.1 Å². The number of esters is 1. The van der Waals surface area contributed by atoms with Crippen LogP contribution in [0.3, 0.4) is 0 Å². The van der Waals surface area contributed by atoms with E-state index >= 15 is 0 Å². The Morgan fingerprint density at radius 1 is 1.44 bits per heavy atom. The number of hydrogen-bond acceptors (Lipinski definition) is 3. The summed E-state index contributed by atoms with van der Waals surface area (Å²) in [4.78, 5) is 11.0. The van der Waals surface area contributed by atoms with Crippen LogP contribution >= 0.6 is 23.2 Å². The van der Waals surface area contributed by atoms with Crippen LogP contribution in [0.2, 0.25) is 10.0 Å². The SMILES string of the molecule is COC(=O)C[C@H](N)Cc1c(Cl)cccc1Cl. The molecule has 0 fully saturated rings. The second-order valence-electron chi connectivity index (χ2n) is 3.44. The highest BCUT2D eigenvalue weighted by molar-refractivity contribution is 6.36. The van der Waals surface area contributed by atoms with Gasteiger partial charge in [0, 0.05) is 16.1 Å². The summed E-state index contributed by atoms with van der Waals surface area (Å²) in [5.41, 5.74) is 6.57. The first-order chi connectivity index (χ1) is 7.54. The summed E-state index contributed by atoms with van der Waals surface area (Å²) in [6.45, 7) is 0. The van der Waals surface area contributed by atoms with Crippen molar-refractivity contribution < 1.29 is 9.53 Å². The molecule has 1 aromatic carbocycles. The minimum Gasteiger partial charge on any atom is -0.469 e. The van der Waals surface area contributed by atoms with Gasteiger partial charge in [0.2, 0.25) is 0 Å². The molecule has 1 atom stereocenters. The summed E-state index contributed by atoms with van der Waals surface area (Å²) in [5, 5.41) is 1.13. The van der Waals surface area contributed by atoms with Gasteiger partial charge in [-0.25, -0.2) is 0 Å². The first-order valence-electron chi connectivity index (χ1n) is 4.80. The number of rotatable bonds is 4. The molecule has 3 nitrogen and oxygen atoms in total. The minimum atomic E-state index is -0.343. The van der Waals surface area contributed by atoms with Crippen molar-refractivity contribution in [3.05, 3.63) is 33.8 Å². The number of ether oxygens (including phenoxy) is 1. The number of carbonyl (C=O) groups excluding carboxylic acids is 1. The molecule has 0 bridgehead atoms. The van der Waals surface area contributed by atoms with Gasteiger partial charge in [-0.05, 0) is 24.1 Å². The predicted octanol–water partition coefficient (Wildman–Crippen LogP) is 2.43. The molecule has 0 radical (unpaired) electrons. The maximum Gasteiger partial charge on any atom is 0.307 e. The number of benzene rings is 1. The standard InChI is InChI=1S/C11H13Cl2NO2/c1-16-11(15)6-7(14)5-8-9(12)3-2-4-10(8)13/h2-4,7H,5-6,14H2,1H3/t7-/m1/s1. The first kappa shape index (κ1) is 13.3. The van der Waals surface area contributed by atoms with Crippen molar-refractivity contribution in [1.29, 1.82) is 0 Å². The Bertz CT molecular complexity index is 362. The number of halogens is 2. The molecule has 0 heterocycles. The third-order valence-corrected chi connectivity index (χ3v) is 2.89. The van der Waals surface area contributed by atoms with Gasteiger partial charge in [-0.2, -0.15) is 0 Å². The third-order valence-electron chi connectivity index (χ3n) is 2.18. The van der Waals surface area contributed by atoms with E-state index in [1.54, 1.807) is 18.2 Å². The molecule has 0 unspecified atom stereocenters. The Balaban J connectivity index is 2.69. The molecule has 5 heteroatoms. The average Bonchev–Trinajstić information content (AvgIpc) is 2.23. The van der Waals surface area contributed by atoms with Gasteiger partial charge in [0.15, 0.2) is 0 Å². The van der Waals surface area contributed by atoms with Crippen molar-refractivity contribution in [3.63, 3.8) is 0 Å². The molecule has 0 spiro atoms. The van der Waals surface area contributed by atoms with Crippen LogP contribution in [0.5, 0.6) is 0 Å². The summed E-state index contributed by atoms with van der Waals surface area (Å²) in [6, 6.07) is 4.91. The molecule has 0 amide bonds. The fourth-order valence-electron chi connectivity index (χ4n) is 1.36. The van der Waals surface area contributed by atoms with Gasteiger partial charge < -0.3 is 10.5 Å². The lowest BCUT2D eigenvalue weighted by molar-refractivity contribution is -0.140. The lowest BCUT2D eigenvalue weighted by Gasteiger charge is -2.12. The van der Waals surface area contributed by atoms with Crippen LogP contribution in [0.1, 0.15) is 12.0 Å². The lowest BCUT2D eigenvalue weighted by Crippen LogP contribution is -2.27. The Morgan fingerprint density at radius 3 is 2.50 bits per heavy atom. The maximum atomic E-state index is 11.0.